The molecule has 68 valence electrons. The van der Waals surface area contributed by atoms with Crippen molar-refractivity contribution in [3.8, 4) is 0 Å². The lowest BCUT2D eigenvalue weighted by molar-refractivity contribution is 0.187. The maximum absolute atomic E-state index is 4.43. The van der Waals surface area contributed by atoms with Crippen molar-refractivity contribution in [3.05, 3.63) is 30.1 Å². The predicted octanol–water partition coefficient (Wildman–Crippen LogP) is 1.40. The number of nitrogens with one attached hydrogen (secondary N) is 1. The summed E-state index contributed by atoms with van der Waals surface area (Å²) in [6, 6.07) is 6.25. The number of aromatic nitrogens is 1. The van der Waals surface area contributed by atoms with E-state index in [1.165, 1.54) is 25.2 Å². The summed E-state index contributed by atoms with van der Waals surface area (Å²) >= 11 is 0. The van der Waals surface area contributed by atoms with Crippen LogP contribution < -0.4 is 5.32 Å². The molecule has 1 saturated carbocycles. The molecule has 0 amide bonds. The summed E-state index contributed by atoms with van der Waals surface area (Å²) in [7, 11) is 0. The number of rotatable bonds is 1. The van der Waals surface area contributed by atoms with E-state index in [1.807, 2.05) is 12.3 Å². The van der Waals surface area contributed by atoms with Gasteiger partial charge in [0.05, 0.1) is 0 Å². The van der Waals surface area contributed by atoms with Crippen molar-refractivity contribution in [3.63, 3.8) is 0 Å². The molecule has 1 saturated heterocycles. The number of pyridine rings is 1. The SMILES string of the molecule is c1ccc(C2CC3CNCC32)nc1. The largest absolute Gasteiger partial charge is 0.316 e. The summed E-state index contributed by atoms with van der Waals surface area (Å²) in [6.07, 6.45) is 3.25. The fourth-order valence-electron chi connectivity index (χ4n) is 2.72. The fourth-order valence-corrected chi connectivity index (χ4v) is 2.72. The van der Waals surface area contributed by atoms with Crippen LogP contribution in [0.2, 0.25) is 0 Å². The third kappa shape index (κ3) is 1.09. The molecule has 2 fully saturated rings. The molecular weight excluding hydrogens is 160 g/mol. The van der Waals surface area contributed by atoms with Crippen LogP contribution in [0, 0.1) is 11.8 Å². The molecule has 1 aromatic rings. The molecule has 3 unspecified atom stereocenters. The van der Waals surface area contributed by atoms with E-state index < -0.39 is 0 Å². The third-order valence-corrected chi connectivity index (χ3v) is 3.53. The molecule has 3 atom stereocenters. The summed E-state index contributed by atoms with van der Waals surface area (Å²) < 4.78 is 0. The smallest absolute Gasteiger partial charge is 0.0437 e. The quantitative estimate of drug-likeness (QED) is 0.696. The van der Waals surface area contributed by atoms with Gasteiger partial charge in [-0.1, -0.05) is 6.07 Å². The van der Waals surface area contributed by atoms with Crippen molar-refractivity contribution in [2.45, 2.75) is 12.3 Å². The van der Waals surface area contributed by atoms with Gasteiger partial charge in [0, 0.05) is 17.8 Å². The highest BCUT2D eigenvalue weighted by Gasteiger charge is 2.44. The minimum atomic E-state index is 0.737. The van der Waals surface area contributed by atoms with Gasteiger partial charge in [0.2, 0.25) is 0 Å². The van der Waals surface area contributed by atoms with Gasteiger partial charge in [-0.25, -0.2) is 0 Å². The van der Waals surface area contributed by atoms with Crippen LogP contribution in [0.5, 0.6) is 0 Å². The molecule has 3 rings (SSSR count). The van der Waals surface area contributed by atoms with E-state index in [4.69, 9.17) is 0 Å². The van der Waals surface area contributed by atoms with Crippen LogP contribution in [0.1, 0.15) is 18.0 Å². The normalized spacial score (nSPS) is 36.8. The molecule has 1 aliphatic heterocycles. The number of nitrogens with zero attached hydrogens (tertiary/aromatic N) is 1. The van der Waals surface area contributed by atoms with Gasteiger partial charge in [-0.05, 0) is 43.5 Å². The van der Waals surface area contributed by atoms with Gasteiger partial charge in [-0.3, -0.25) is 4.98 Å². The van der Waals surface area contributed by atoms with Crippen LogP contribution in [0.25, 0.3) is 0 Å². The molecule has 2 heterocycles. The Hall–Kier alpha value is -0.890. The Balaban J connectivity index is 1.81. The van der Waals surface area contributed by atoms with E-state index >= 15 is 0 Å². The van der Waals surface area contributed by atoms with Crippen LogP contribution in [0.3, 0.4) is 0 Å². The second-order valence-corrected chi connectivity index (χ2v) is 4.18. The van der Waals surface area contributed by atoms with Crippen molar-refractivity contribution in [1.82, 2.24) is 10.3 Å². The van der Waals surface area contributed by atoms with Gasteiger partial charge in [0.25, 0.3) is 0 Å². The zero-order valence-electron chi connectivity index (χ0n) is 7.61. The zero-order chi connectivity index (χ0) is 8.67. The maximum Gasteiger partial charge on any atom is 0.0437 e. The Kier molecular flexibility index (Phi) is 1.62. The Bertz CT molecular complexity index is 296. The summed E-state index contributed by atoms with van der Waals surface area (Å²) in [6.45, 7) is 2.43. The first-order chi connectivity index (χ1) is 6.45. The van der Waals surface area contributed by atoms with Crippen LogP contribution >= 0.6 is 0 Å². The molecule has 0 radical (unpaired) electrons. The Labute approximate surface area is 78.4 Å². The van der Waals surface area contributed by atoms with Crippen molar-refractivity contribution in [2.75, 3.05) is 13.1 Å². The molecule has 0 bridgehead atoms. The first kappa shape index (κ1) is 7.51. The van der Waals surface area contributed by atoms with Crippen LogP contribution in [-0.4, -0.2) is 18.1 Å². The Morgan fingerprint density at radius 2 is 2.31 bits per heavy atom. The van der Waals surface area contributed by atoms with E-state index in [-0.39, 0.29) is 0 Å². The van der Waals surface area contributed by atoms with Crippen molar-refractivity contribution in [1.29, 1.82) is 0 Å². The van der Waals surface area contributed by atoms with Crippen LogP contribution in [-0.2, 0) is 0 Å². The molecule has 1 N–H and O–H groups in total. The lowest BCUT2D eigenvalue weighted by Crippen LogP contribution is -2.33. The van der Waals surface area contributed by atoms with Gasteiger partial charge in [0.1, 0.15) is 0 Å². The lowest BCUT2D eigenvalue weighted by Gasteiger charge is -2.39. The number of fused-ring (bicyclic) bond motifs is 1. The highest BCUT2D eigenvalue weighted by molar-refractivity contribution is 5.17. The van der Waals surface area contributed by atoms with E-state index in [1.54, 1.807) is 0 Å². The molecular formula is C11H14N2. The highest BCUT2D eigenvalue weighted by atomic mass is 14.9. The summed E-state index contributed by atoms with van der Waals surface area (Å²) in [5, 5.41) is 3.46. The molecule has 2 aliphatic rings. The van der Waals surface area contributed by atoms with Gasteiger partial charge in [-0.2, -0.15) is 0 Å². The van der Waals surface area contributed by atoms with Crippen LogP contribution in [0.15, 0.2) is 24.4 Å². The Morgan fingerprint density at radius 1 is 1.31 bits per heavy atom. The van der Waals surface area contributed by atoms with Gasteiger partial charge in [0.15, 0.2) is 0 Å². The highest BCUT2D eigenvalue weighted by Crippen LogP contribution is 2.48. The van der Waals surface area contributed by atoms with E-state index in [0.717, 1.165) is 17.8 Å². The lowest BCUT2D eigenvalue weighted by atomic mass is 9.65. The molecule has 0 aromatic carbocycles. The van der Waals surface area contributed by atoms with Gasteiger partial charge >= 0.3 is 0 Å². The molecule has 1 aromatic heterocycles. The first-order valence-corrected chi connectivity index (χ1v) is 5.07. The molecule has 0 spiro atoms. The topological polar surface area (TPSA) is 24.9 Å². The summed E-state index contributed by atoms with van der Waals surface area (Å²) in [5.74, 6) is 2.54. The van der Waals surface area contributed by atoms with Gasteiger partial charge in [-0.15, -0.1) is 0 Å². The molecule has 13 heavy (non-hydrogen) atoms. The van der Waals surface area contributed by atoms with E-state index in [9.17, 15) is 0 Å². The standard InChI is InChI=1S/C11H14N2/c1-2-4-13-11(3-1)9-5-8-6-12-7-10(8)9/h1-4,8-10,12H,5-7H2. The average Bonchev–Trinajstić information content (AvgIpc) is 2.50. The number of hydrogen-bond donors (Lipinski definition) is 1. The average molecular weight is 174 g/mol. The second-order valence-electron chi connectivity index (χ2n) is 4.18. The van der Waals surface area contributed by atoms with E-state index in [2.05, 4.69) is 22.4 Å². The third-order valence-electron chi connectivity index (χ3n) is 3.53. The van der Waals surface area contributed by atoms with E-state index in [0.29, 0.717) is 0 Å². The van der Waals surface area contributed by atoms with Gasteiger partial charge < -0.3 is 5.32 Å². The van der Waals surface area contributed by atoms with Crippen molar-refractivity contribution in [2.24, 2.45) is 11.8 Å². The van der Waals surface area contributed by atoms with Crippen molar-refractivity contribution < 1.29 is 0 Å². The fraction of sp³-hybridized carbons (Fsp3) is 0.545. The van der Waals surface area contributed by atoms with Crippen molar-refractivity contribution >= 4 is 0 Å². The molecule has 2 heteroatoms. The zero-order valence-corrected chi connectivity index (χ0v) is 7.61. The Morgan fingerprint density at radius 3 is 3.08 bits per heavy atom. The molecule has 2 nitrogen and oxygen atoms in total. The van der Waals surface area contributed by atoms with Crippen LogP contribution in [0.4, 0.5) is 0 Å². The number of hydrogen-bond acceptors (Lipinski definition) is 2. The summed E-state index contributed by atoms with van der Waals surface area (Å²) in [5.41, 5.74) is 1.30. The monoisotopic (exact) mass is 174 g/mol. The maximum atomic E-state index is 4.43. The minimum absolute atomic E-state index is 0.737. The second kappa shape index (κ2) is 2.81. The first-order valence-electron chi connectivity index (χ1n) is 5.07. The summed E-state index contributed by atoms with van der Waals surface area (Å²) in [4.78, 5) is 4.43. The minimum Gasteiger partial charge on any atom is -0.316 e. The predicted molar refractivity (Wildman–Crippen MR) is 51.4 cm³/mol. The molecule has 1 aliphatic carbocycles.